The van der Waals surface area contributed by atoms with Gasteiger partial charge in [-0.05, 0) is 24.6 Å². The summed E-state index contributed by atoms with van der Waals surface area (Å²) in [5.41, 5.74) is 1.63. The fourth-order valence-electron chi connectivity index (χ4n) is 2.04. The van der Waals surface area contributed by atoms with Gasteiger partial charge in [-0.2, -0.15) is 0 Å². The molecule has 0 atom stereocenters. The van der Waals surface area contributed by atoms with Crippen LogP contribution in [0.4, 0.5) is 11.4 Å². The van der Waals surface area contributed by atoms with Crippen molar-refractivity contribution in [3.63, 3.8) is 0 Å². The van der Waals surface area contributed by atoms with Crippen molar-refractivity contribution < 1.29 is 9.34 Å². The van der Waals surface area contributed by atoms with Gasteiger partial charge in [0, 0.05) is 23.7 Å². The Morgan fingerprint density at radius 1 is 1.15 bits per heavy atom. The molecule has 106 valence electrons. The van der Waals surface area contributed by atoms with E-state index in [1.54, 1.807) is 12.1 Å². The third-order valence-electron chi connectivity index (χ3n) is 3.20. The van der Waals surface area contributed by atoms with Crippen LogP contribution in [-0.2, 0) is 19.4 Å². The molecule has 5 nitrogen and oxygen atoms in total. The lowest BCUT2D eigenvalue weighted by molar-refractivity contribution is -0.385. The summed E-state index contributed by atoms with van der Waals surface area (Å²) < 4.78 is 5.58. The number of nitrogens with one attached hydrogen (secondary N) is 1. The Morgan fingerprint density at radius 3 is 2.50 bits per heavy atom. The summed E-state index contributed by atoms with van der Waals surface area (Å²) in [5, 5.41) is 14.2. The zero-order valence-electron chi connectivity index (χ0n) is 11.7. The monoisotopic (exact) mass is 274 g/mol. The summed E-state index contributed by atoms with van der Waals surface area (Å²) in [6, 6.07) is 9.08. The van der Waals surface area contributed by atoms with Crippen molar-refractivity contribution in [3.05, 3.63) is 57.5 Å². The van der Waals surface area contributed by atoms with Crippen LogP contribution in [0.1, 0.15) is 30.9 Å². The molecule has 1 N–H and O–H groups in total. The van der Waals surface area contributed by atoms with Crippen molar-refractivity contribution in [2.24, 2.45) is 0 Å². The second kappa shape index (κ2) is 6.23. The standard InChI is InChI=1S/C15H18N2O3/c1-3-11-5-6-12(9-15(11)17(18)19)16-10-14-8-7-13(4-2)20-14/h5-9,16H,3-4,10H2,1-2H3. The van der Waals surface area contributed by atoms with Gasteiger partial charge >= 0.3 is 0 Å². The lowest BCUT2D eigenvalue weighted by atomic mass is 10.1. The minimum Gasteiger partial charge on any atom is -0.464 e. The van der Waals surface area contributed by atoms with Crippen molar-refractivity contribution in [1.29, 1.82) is 0 Å². The van der Waals surface area contributed by atoms with Gasteiger partial charge in [-0.3, -0.25) is 10.1 Å². The first-order chi connectivity index (χ1) is 9.63. The number of furan rings is 1. The highest BCUT2D eigenvalue weighted by molar-refractivity contribution is 5.55. The van der Waals surface area contributed by atoms with Crippen LogP contribution in [0.2, 0.25) is 0 Å². The quantitative estimate of drug-likeness (QED) is 0.640. The molecule has 0 radical (unpaired) electrons. The van der Waals surface area contributed by atoms with E-state index in [4.69, 9.17) is 4.42 Å². The van der Waals surface area contributed by atoms with Gasteiger partial charge in [-0.15, -0.1) is 0 Å². The molecule has 0 amide bonds. The highest BCUT2D eigenvalue weighted by Crippen LogP contribution is 2.24. The molecule has 20 heavy (non-hydrogen) atoms. The maximum absolute atomic E-state index is 11.0. The van der Waals surface area contributed by atoms with E-state index < -0.39 is 0 Å². The number of nitrogens with zero attached hydrogens (tertiary/aromatic N) is 1. The molecule has 0 bridgehead atoms. The van der Waals surface area contributed by atoms with Gasteiger partial charge in [0.2, 0.25) is 0 Å². The molecule has 5 heteroatoms. The summed E-state index contributed by atoms with van der Waals surface area (Å²) in [7, 11) is 0. The summed E-state index contributed by atoms with van der Waals surface area (Å²) in [6.45, 7) is 4.45. The van der Waals surface area contributed by atoms with E-state index in [9.17, 15) is 10.1 Å². The lowest BCUT2D eigenvalue weighted by Gasteiger charge is -2.06. The van der Waals surface area contributed by atoms with E-state index in [2.05, 4.69) is 5.32 Å². The predicted octanol–water partition coefficient (Wildman–Crippen LogP) is 3.92. The fraction of sp³-hybridized carbons (Fsp3) is 0.333. The maximum atomic E-state index is 11.0. The van der Waals surface area contributed by atoms with Crippen molar-refractivity contribution in [1.82, 2.24) is 0 Å². The van der Waals surface area contributed by atoms with Gasteiger partial charge in [0.05, 0.1) is 11.5 Å². The molecule has 0 saturated carbocycles. The summed E-state index contributed by atoms with van der Waals surface area (Å²) >= 11 is 0. The Morgan fingerprint density at radius 2 is 1.90 bits per heavy atom. The van der Waals surface area contributed by atoms with Crippen LogP contribution in [-0.4, -0.2) is 4.92 Å². The van der Waals surface area contributed by atoms with E-state index in [0.717, 1.165) is 29.2 Å². The highest BCUT2D eigenvalue weighted by atomic mass is 16.6. The number of benzene rings is 1. The molecule has 0 aliphatic carbocycles. The summed E-state index contributed by atoms with van der Waals surface area (Å²) in [6.07, 6.45) is 1.51. The van der Waals surface area contributed by atoms with Crippen LogP contribution >= 0.6 is 0 Å². The minimum atomic E-state index is -0.341. The molecule has 1 heterocycles. The third-order valence-corrected chi connectivity index (χ3v) is 3.20. The molecule has 2 rings (SSSR count). The molecular weight excluding hydrogens is 256 g/mol. The van der Waals surface area contributed by atoms with Gasteiger partial charge in [-0.1, -0.05) is 19.9 Å². The second-order valence-corrected chi connectivity index (χ2v) is 4.53. The van der Waals surface area contributed by atoms with E-state index >= 15 is 0 Å². The van der Waals surface area contributed by atoms with Crippen LogP contribution in [0, 0.1) is 10.1 Å². The number of aryl methyl sites for hydroxylation is 2. The molecule has 0 spiro atoms. The number of hydrogen-bond acceptors (Lipinski definition) is 4. The Balaban J connectivity index is 2.09. The second-order valence-electron chi connectivity index (χ2n) is 4.53. The van der Waals surface area contributed by atoms with Crippen LogP contribution in [0.3, 0.4) is 0 Å². The number of anilines is 1. The van der Waals surface area contributed by atoms with E-state index in [0.29, 0.717) is 13.0 Å². The SMILES string of the molecule is CCc1ccc(CNc2ccc(CC)c([N+](=O)[O-])c2)o1. The van der Waals surface area contributed by atoms with Gasteiger partial charge in [0.15, 0.2) is 0 Å². The number of hydrogen-bond donors (Lipinski definition) is 1. The Bertz CT molecular complexity index is 605. The molecule has 0 aliphatic heterocycles. The smallest absolute Gasteiger partial charge is 0.274 e. The van der Waals surface area contributed by atoms with Gasteiger partial charge in [0.1, 0.15) is 11.5 Å². The van der Waals surface area contributed by atoms with Gasteiger partial charge in [0.25, 0.3) is 5.69 Å². The zero-order valence-corrected chi connectivity index (χ0v) is 11.7. The summed E-state index contributed by atoms with van der Waals surface area (Å²) in [4.78, 5) is 10.7. The molecule has 0 aliphatic rings. The fourth-order valence-corrected chi connectivity index (χ4v) is 2.04. The number of nitro benzene ring substituents is 1. The molecular formula is C15H18N2O3. The van der Waals surface area contributed by atoms with Gasteiger partial charge < -0.3 is 9.73 Å². The predicted molar refractivity (Wildman–Crippen MR) is 77.9 cm³/mol. The topological polar surface area (TPSA) is 68.3 Å². The zero-order chi connectivity index (χ0) is 14.5. The van der Waals surface area contributed by atoms with Crippen molar-refractivity contribution >= 4 is 11.4 Å². The summed E-state index contributed by atoms with van der Waals surface area (Å²) in [5.74, 6) is 1.76. The molecule has 1 aromatic carbocycles. The molecule has 0 fully saturated rings. The average molecular weight is 274 g/mol. The number of rotatable bonds is 6. The maximum Gasteiger partial charge on any atom is 0.274 e. The first kappa shape index (κ1) is 14.1. The molecule has 1 aromatic heterocycles. The molecule has 2 aromatic rings. The molecule has 0 unspecified atom stereocenters. The first-order valence-corrected chi connectivity index (χ1v) is 6.72. The van der Waals surface area contributed by atoms with E-state index in [1.807, 2.05) is 32.0 Å². The first-order valence-electron chi connectivity index (χ1n) is 6.72. The average Bonchev–Trinajstić information content (AvgIpc) is 2.92. The van der Waals surface area contributed by atoms with Crippen LogP contribution < -0.4 is 5.32 Å². The van der Waals surface area contributed by atoms with E-state index in [1.165, 1.54) is 0 Å². The van der Waals surface area contributed by atoms with Gasteiger partial charge in [-0.25, -0.2) is 0 Å². The van der Waals surface area contributed by atoms with Crippen LogP contribution in [0.5, 0.6) is 0 Å². The largest absolute Gasteiger partial charge is 0.464 e. The van der Waals surface area contributed by atoms with Crippen molar-refractivity contribution in [2.45, 2.75) is 33.2 Å². The normalized spacial score (nSPS) is 10.5. The lowest BCUT2D eigenvalue weighted by Crippen LogP contribution is -2.01. The Hall–Kier alpha value is -2.30. The van der Waals surface area contributed by atoms with Crippen LogP contribution in [0.25, 0.3) is 0 Å². The van der Waals surface area contributed by atoms with Crippen LogP contribution in [0.15, 0.2) is 34.7 Å². The highest BCUT2D eigenvalue weighted by Gasteiger charge is 2.13. The van der Waals surface area contributed by atoms with Crippen molar-refractivity contribution in [2.75, 3.05) is 5.32 Å². The van der Waals surface area contributed by atoms with Crippen molar-refractivity contribution in [3.8, 4) is 0 Å². The van der Waals surface area contributed by atoms with E-state index in [-0.39, 0.29) is 10.6 Å². The number of nitro groups is 1. The Labute approximate surface area is 117 Å². The minimum absolute atomic E-state index is 0.159. The Kier molecular flexibility index (Phi) is 4.40. The third kappa shape index (κ3) is 3.17. The molecule has 0 saturated heterocycles.